The molecule has 0 aliphatic rings. The first kappa shape index (κ1) is 19.6. The third-order valence-corrected chi connectivity index (χ3v) is 5.42. The normalized spacial score (nSPS) is 12.0. The van der Waals surface area contributed by atoms with Crippen LogP contribution in [0.2, 0.25) is 0 Å². The van der Waals surface area contributed by atoms with Gasteiger partial charge in [0.05, 0.1) is 11.7 Å². The Balaban J connectivity index is 1.86. The van der Waals surface area contributed by atoms with E-state index in [0.29, 0.717) is 6.42 Å². The highest BCUT2D eigenvalue weighted by Crippen LogP contribution is 2.37. The highest BCUT2D eigenvalue weighted by Gasteiger charge is 2.26. The van der Waals surface area contributed by atoms with Gasteiger partial charge >= 0.3 is 0 Å². The van der Waals surface area contributed by atoms with Crippen molar-refractivity contribution in [2.24, 2.45) is 0 Å². The Hall–Kier alpha value is -3.13. The van der Waals surface area contributed by atoms with Crippen LogP contribution >= 0.6 is 11.3 Å². The Morgan fingerprint density at radius 3 is 2.39 bits per heavy atom. The number of rotatable bonds is 7. The number of aromatic hydroxyl groups is 1. The molecule has 0 saturated carbocycles. The van der Waals surface area contributed by atoms with E-state index in [1.54, 1.807) is 19.5 Å². The highest BCUT2D eigenvalue weighted by atomic mass is 32.1. The molecule has 0 spiro atoms. The minimum absolute atomic E-state index is 0.0938. The summed E-state index contributed by atoms with van der Waals surface area (Å²) in [6.07, 6.45) is 0.716. The molecule has 1 amide bonds. The Morgan fingerprint density at radius 2 is 1.79 bits per heavy atom. The van der Waals surface area contributed by atoms with Crippen molar-refractivity contribution in [3.63, 3.8) is 0 Å². The number of benzene rings is 1. The first-order chi connectivity index (χ1) is 13.3. The number of nitrogens with one attached hydrogen (secondary N) is 2. The molecule has 1 heterocycles. The maximum atomic E-state index is 12.1. The van der Waals surface area contributed by atoms with Gasteiger partial charge in [0.25, 0.3) is 16.8 Å². The van der Waals surface area contributed by atoms with Crippen molar-refractivity contribution in [3.8, 4) is 5.75 Å². The molecule has 1 atom stereocenters. The monoisotopic (exact) mass is 399 g/mol. The summed E-state index contributed by atoms with van der Waals surface area (Å²) in [6.45, 7) is 1.98. The Labute approximate surface area is 165 Å². The summed E-state index contributed by atoms with van der Waals surface area (Å²) in [5.74, 6) is -0.577. The molecule has 3 N–H and O–H groups in total. The van der Waals surface area contributed by atoms with Crippen LogP contribution < -0.4 is 21.5 Å². The minimum Gasteiger partial charge on any atom is -0.504 e. The summed E-state index contributed by atoms with van der Waals surface area (Å²) in [4.78, 5) is 37.8. The molecular weight excluding hydrogens is 378 g/mol. The zero-order valence-electron chi connectivity index (χ0n) is 15.8. The number of carbonyl (C=O) groups excluding carboxylic acids is 1. The average Bonchev–Trinajstić information content (AvgIpc) is 3.07. The Kier molecular flexibility index (Phi) is 5.51. The number of thiophene rings is 1. The number of hydrogen-bond acceptors (Lipinski definition) is 7. The van der Waals surface area contributed by atoms with E-state index in [4.69, 9.17) is 0 Å². The van der Waals surface area contributed by atoms with Crippen molar-refractivity contribution < 1.29 is 9.90 Å². The molecule has 0 aliphatic carbocycles. The predicted octanol–water partition coefficient (Wildman–Crippen LogP) is 3.06. The molecule has 8 heteroatoms. The largest absolute Gasteiger partial charge is 0.504 e. The first-order valence-electron chi connectivity index (χ1n) is 8.79. The minimum atomic E-state index is -0.656. The lowest BCUT2D eigenvalue weighted by molar-refractivity contribution is 0.0829. The van der Waals surface area contributed by atoms with Crippen LogP contribution in [0.3, 0.4) is 0 Å². The molecular formula is C20H21N3O4S. The number of carbonyl (C=O) groups is 1. The summed E-state index contributed by atoms with van der Waals surface area (Å²) in [6, 6.07) is 9.49. The van der Waals surface area contributed by atoms with Gasteiger partial charge in [-0.15, -0.1) is 11.3 Å². The SMILES string of the molecule is CC[C@@H](Nc1c(Nc2csc(C(=O)N(C)C)c2O)c(=O)c1=O)c1ccccc1. The van der Waals surface area contributed by atoms with E-state index in [2.05, 4.69) is 10.6 Å². The highest BCUT2D eigenvalue weighted by molar-refractivity contribution is 7.13. The fraction of sp³-hybridized carbons (Fsp3) is 0.250. The Bertz CT molecular complexity index is 1070. The summed E-state index contributed by atoms with van der Waals surface area (Å²) in [7, 11) is 3.17. The molecule has 28 heavy (non-hydrogen) atoms. The zero-order valence-corrected chi connectivity index (χ0v) is 16.6. The number of nitrogens with zero attached hydrogens (tertiary/aromatic N) is 1. The molecule has 1 aromatic heterocycles. The van der Waals surface area contributed by atoms with E-state index in [1.165, 1.54) is 4.90 Å². The van der Waals surface area contributed by atoms with E-state index in [-0.39, 0.29) is 39.6 Å². The molecule has 0 radical (unpaired) electrons. The van der Waals surface area contributed by atoms with Crippen molar-refractivity contribution in [1.29, 1.82) is 0 Å². The lowest BCUT2D eigenvalue weighted by Gasteiger charge is -2.22. The van der Waals surface area contributed by atoms with Gasteiger partial charge in [0, 0.05) is 19.5 Å². The van der Waals surface area contributed by atoms with Crippen molar-refractivity contribution in [3.05, 3.63) is 66.6 Å². The third-order valence-electron chi connectivity index (χ3n) is 4.46. The second kappa shape index (κ2) is 7.85. The van der Waals surface area contributed by atoms with Crippen LogP contribution in [0.25, 0.3) is 0 Å². The zero-order chi connectivity index (χ0) is 20.4. The molecule has 0 unspecified atom stereocenters. The van der Waals surface area contributed by atoms with Gasteiger partial charge in [0.1, 0.15) is 16.3 Å². The van der Waals surface area contributed by atoms with Gasteiger partial charge in [-0.3, -0.25) is 14.4 Å². The predicted molar refractivity (Wildman–Crippen MR) is 112 cm³/mol. The van der Waals surface area contributed by atoms with Crippen LogP contribution in [0.15, 0.2) is 45.3 Å². The number of anilines is 3. The smallest absolute Gasteiger partial charge is 0.267 e. The summed E-state index contributed by atoms with van der Waals surface area (Å²) < 4.78 is 0. The Morgan fingerprint density at radius 1 is 1.14 bits per heavy atom. The van der Waals surface area contributed by atoms with Crippen LogP contribution in [0.1, 0.15) is 34.6 Å². The lowest BCUT2D eigenvalue weighted by Crippen LogP contribution is -2.37. The fourth-order valence-corrected chi connectivity index (χ4v) is 3.77. The second-order valence-electron chi connectivity index (χ2n) is 6.58. The molecule has 7 nitrogen and oxygen atoms in total. The van der Waals surface area contributed by atoms with E-state index in [1.807, 2.05) is 37.3 Å². The van der Waals surface area contributed by atoms with E-state index in [0.717, 1.165) is 16.9 Å². The fourth-order valence-electron chi connectivity index (χ4n) is 2.86. The topological polar surface area (TPSA) is 98.7 Å². The van der Waals surface area contributed by atoms with Gasteiger partial charge in [-0.1, -0.05) is 37.3 Å². The van der Waals surface area contributed by atoms with Gasteiger partial charge in [0.15, 0.2) is 5.75 Å². The molecule has 0 saturated heterocycles. The molecule has 3 rings (SSSR count). The van der Waals surface area contributed by atoms with Crippen LogP contribution in [-0.4, -0.2) is 30.0 Å². The summed E-state index contributed by atoms with van der Waals surface area (Å²) in [5, 5.41) is 17.8. The van der Waals surface area contributed by atoms with Gasteiger partial charge in [-0.05, 0) is 12.0 Å². The summed E-state index contributed by atoms with van der Waals surface area (Å²) >= 11 is 1.06. The van der Waals surface area contributed by atoms with Gasteiger partial charge in [0.2, 0.25) is 0 Å². The van der Waals surface area contributed by atoms with E-state index >= 15 is 0 Å². The van der Waals surface area contributed by atoms with Crippen LogP contribution in [0, 0.1) is 0 Å². The van der Waals surface area contributed by atoms with Crippen LogP contribution in [0.5, 0.6) is 5.75 Å². The van der Waals surface area contributed by atoms with Crippen molar-refractivity contribution in [2.75, 3.05) is 24.7 Å². The van der Waals surface area contributed by atoms with E-state index in [9.17, 15) is 19.5 Å². The number of amides is 1. The molecule has 146 valence electrons. The number of hydrogen-bond donors (Lipinski definition) is 3. The molecule has 0 aliphatic heterocycles. The third kappa shape index (κ3) is 3.50. The maximum absolute atomic E-state index is 12.1. The maximum Gasteiger partial charge on any atom is 0.267 e. The van der Waals surface area contributed by atoms with Gasteiger partial charge in [-0.25, -0.2) is 0 Å². The van der Waals surface area contributed by atoms with Crippen molar-refractivity contribution >= 4 is 34.3 Å². The average molecular weight is 399 g/mol. The quantitative estimate of drug-likeness (QED) is 0.528. The molecule has 2 aromatic carbocycles. The summed E-state index contributed by atoms with van der Waals surface area (Å²) in [5.41, 5.74) is 0.246. The molecule has 0 fully saturated rings. The molecule has 3 aromatic rings. The lowest BCUT2D eigenvalue weighted by atomic mass is 10.0. The van der Waals surface area contributed by atoms with Crippen LogP contribution in [-0.2, 0) is 0 Å². The van der Waals surface area contributed by atoms with Crippen LogP contribution in [0.4, 0.5) is 17.1 Å². The van der Waals surface area contributed by atoms with Gasteiger partial charge < -0.3 is 20.6 Å². The first-order valence-corrected chi connectivity index (χ1v) is 9.67. The van der Waals surface area contributed by atoms with Crippen molar-refractivity contribution in [2.45, 2.75) is 19.4 Å². The van der Waals surface area contributed by atoms with Crippen molar-refractivity contribution in [1.82, 2.24) is 4.90 Å². The molecule has 0 bridgehead atoms. The van der Waals surface area contributed by atoms with Gasteiger partial charge in [-0.2, -0.15) is 0 Å². The standard InChI is InChI=1S/C20H21N3O4S/c1-4-12(11-8-6-5-7-9-11)21-14-15(18(26)17(14)25)22-13-10-28-19(16(13)24)20(27)23(2)3/h5-10,12,21-22,24H,4H2,1-3H3/t12-/m1/s1. The van der Waals surface area contributed by atoms with E-state index < -0.39 is 10.9 Å². The second-order valence-corrected chi connectivity index (χ2v) is 7.46.